The van der Waals surface area contributed by atoms with E-state index in [0.29, 0.717) is 23.2 Å². The molecule has 13 nitrogen and oxygen atoms in total. The third kappa shape index (κ3) is 10.6. The summed E-state index contributed by atoms with van der Waals surface area (Å²) in [6.07, 6.45) is -3.73. The molecule has 3 aromatic heterocycles. The third-order valence-electron chi connectivity index (χ3n) is 6.98. The fraction of sp³-hybridized carbons (Fsp3) is 0.353. The molecule has 52 heavy (non-hydrogen) atoms. The van der Waals surface area contributed by atoms with E-state index in [9.17, 15) is 41.4 Å². The summed E-state index contributed by atoms with van der Waals surface area (Å²) in [7, 11) is 0. The number of halogens is 5. The summed E-state index contributed by atoms with van der Waals surface area (Å²) >= 11 is 0. The number of alkyl halides is 3. The molecule has 4 N–H and O–H groups in total. The van der Waals surface area contributed by atoms with Crippen LogP contribution in [0.15, 0.2) is 42.6 Å². The largest absolute Gasteiger partial charge is 0.490 e. The Hall–Kier alpha value is -5.81. The Balaban J connectivity index is 0.000000944. The number of carboxylic acids is 2. The van der Waals surface area contributed by atoms with Gasteiger partial charge in [0.05, 0.1) is 23.0 Å². The lowest BCUT2D eigenvalue weighted by Crippen LogP contribution is -2.41. The van der Waals surface area contributed by atoms with Gasteiger partial charge in [-0.25, -0.2) is 33.1 Å². The lowest BCUT2D eigenvalue weighted by atomic mass is 10.1. The minimum Gasteiger partial charge on any atom is -0.485 e. The smallest absolute Gasteiger partial charge is 0.485 e. The standard InChI is InChI=1S/C32H35F2N5O6.C2HF3O2/c1-7-19-11-12-23(37-26(19)30(41)42)24(14-35-31(43)45-32(4,5)6)38-29(40)27-18(3)36-28-25(13-17(2)15-39(27)28)44-16-20-21(33)9-8-10-22(20)34;3-2(4,5)1(6)7/h8-13,15,24H,7,14,16H2,1-6H3,(H,35,43)(H,38,40)(H,41,42);(H,6,7). The van der Waals surface area contributed by atoms with E-state index in [4.69, 9.17) is 19.4 Å². The number of alkyl carbamates (subject to hydrolysis) is 1. The van der Waals surface area contributed by atoms with E-state index in [1.807, 2.05) is 0 Å². The zero-order chi connectivity index (χ0) is 39.1. The van der Waals surface area contributed by atoms with Crippen LogP contribution in [0.3, 0.4) is 0 Å². The number of carbonyl (C=O) groups is 4. The van der Waals surface area contributed by atoms with Gasteiger partial charge in [0.2, 0.25) is 0 Å². The number of pyridine rings is 2. The number of nitrogens with one attached hydrogen (secondary N) is 2. The Bertz CT molecular complexity index is 1950. The van der Waals surface area contributed by atoms with Crippen molar-refractivity contribution in [1.82, 2.24) is 25.0 Å². The summed E-state index contributed by atoms with van der Waals surface area (Å²) in [5, 5.41) is 22.3. The number of benzene rings is 1. The van der Waals surface area contributed by atoms with E-state index in [0.717, 1.165) is 12.1 Å². The Labute approximate surface area is 293 Å². The highest BCUT2D eigenvalue weighted by molar-refractivity contribution is 5.95. The van der Waals surface area contributed by atoms with Crippen molar-refractivity contribution in [1.29, 1.82) is 0 Å². The topological polar surface area (TPSA) is 181 Å². The van der Waals surface area contributed by atoms with Crippen LogP contribution >= 0.6 is 0 Å². The molecular weight excluding hydrogens is 701 g/mol. The van der Waals surface area contributed by atoms with Gasteiger partial charge in [-0.1, -0.05) is 19.1 Å². The van der Waals surface area contributed by atoms with Crippen LogP contribution in [0.2, 0.25) is 0 Å². The lowest BCUT2D eigenvalue weighted by molar-refractivity contribution is -0.192. The summed E-state index contributed by atoms with van der Waals surface area (Å²) in [5.74, 6) is -5.90. The van der Waals surface area contributed by atoms with Crippen LogP contribution in [0.1, 0.15) is 82.8 Å². The van der Waals surface area contributed by atoms with Gasteiger partial charge in [0.15, 0.2) is 17.1 Å². The zero-order valence-electron chi connectivity index (χ0n) is 28.8. The Morgan fingerprint density at radius 1 is 0.981 bits per heavy atom. The van der Waals surface area contributed by atoms with Crippen molar-refractivity contribution < 1.29 is 60.8 Å². The van der Waals surface area contributed by atoms with Gasteiger partial charge in [-0.3, -0.25) is 9.20 Å². The van der Waals surface area contributed by atoms with Gasteiger partial charge >= 0.3 is 24.2 Å². The maximum atomic E-state index is 14.2. The molecule has 280 valence electrons. The summed E-state index contributed by atoms with van der Waals surface area (Å²) in [4.78, 5) is 55.9. The maximum Gasteiger partial charge on any atom is 0.490 e. The molecule has 0 spiro atoms. The van der Waals surface area contributed by atoms with Crippen molar-refractivity contribution >= 4 is 29.6 Å². The molecule has 4 aromatic rings. The molecule has 2 amide bonds. The third-order valence-corrected chi connectivity index (χ3v) is 6.98. The number of aliphatic carboxylic acids is 1. The van der Waals surface area contributed by atoms with Crippen molar-refractivity contribution in [3.05, 3.63) is 93.7 Å². The first-order valence-electron chi connectivity index (χ1n) is 15.5. The van der Waals surface area contributed by atoms with Gasteiger partial charge in [0.1, 0.15) is 29.5 Å². The number of aryl methyl sites for hydroxylation is 3. The molecule has 0 radical (unpaired) electrons. The van der Waals surface area contributed by atoms with Crippen molar-refractivity contribution in [3.8, 4) is 5.75 Å². The van der Waals surface area contributed by atoms with E-state index in [1.165, 1.54) is 10.5 Å². The van der Waals surface area contributed by atoms with E-state index in [-0.39, 0.29) is 40.6 Å². The molecule has 1 atom stereocenters. The van der Waals surface area contributed by atoms with Crippen molar-refractivity contribution in [2.24, 2.45) is 0 Å². The normalized spacial score (nSPS) is 12.0. The van der Waals surface area contributed by atoms with Crippen LogP contribution in [0.4, 0.5) is 26.7 Å². The van der Waals surface area contributed by atoms with Gasteiger partial charge < -0.3 is 30.3 Å². The molecular formula is C34H36F5N5O8. The van der Waals surface area contributed by atoms with Gasteiger partial charge in [-0.2, -0.15) is 13.2 Å². The molecule has 3 heterocycles. The number of nitrogens with zero attached hydrogens (tertiary/aromatic N) is 3. The predicted molar refractivity (Wildman–Crippen MR) is 174 cm³/mol. The number of amides is 2. The van der Waals surface area contributed by atoms with Crippen molar-refractivity contribution in [2.75, 3.05) is 6.54 Å². The number of hydrogen-bond acceptors (Lipinski definition) is 8. The molecule has 0 aliphatic carbocycles. The van der Waals surface area contributed by atoms with Crippen LogP contribution in [-0.4, -0.2) is 66.8 Å². The number of imidazole rings is 1. The van der Waals surface area contributed by atoms with E-state index >= 15 is 0 Å². The number of hydrogen-bond donors (Lipinski definition) is 4. The second-order valence-electron chi connectivity index (χ2n) is 12.2. The van der Waals surface area contributed by atoms with E-state index < -0.39 is 60.0 Å². The molecule has 18 heteroatoms. The summed E-state index contributed by atoms with van der Waals surface area (Å²) in [6.45, 7) is 9.70. The van der Waals surface area contributed by atoms with Crippen LogP contribution in [0.25, 0.3) is 5.65 Å². The molecule has 4 rings (SSSR count). The van der Waals surface area contributed by atoms with Crippen LogP contribution in [-0.2, 0) is 22.6 Å². The molecule has 0 aliphatic rings. The summed E-state index contributed by atoms with van der Waals surface area (Å²) < 4.78 is 72.8. The van der Waals surface area contributed by atoms with E-state index in [1.54, 1.807) is 65.9 Å². The molecule has 1 unspecified atom stereocenters. The van der Waals surface area contributed by atoms with Gasteiger partial charge in [0, 0.05) is 12.7 Å². The van der Waals surface area contributed by atoms with Crippen LogP contribution in [0.5, 0.6) is 5.75 Å². The van der Waals surface area contributed by atoms with Gasteiger partial charge in [-0.05, 0) is 76.4 Å². The number of aromatic nitrogens is 3. The van der Waals surface area contributed by atoms with Crippen LogP contribution in [0, 0.1) is 25.5 Å². The molecule has 0 saturated carbocycles. The average Bonchev–Trinajstić information content (AvgIpc) is 3.36. The Morgan fingerprint density at radius 2 is 1.60 bits per heavy atom. The number of aromatic carboxylic acids is 1. The number of carbonyl (C=O) groups excluding carboxylic acids is 2. The second-order valence-corrected chi connectivity index (χ2v) is 12.2. The number of fused-ring (bicyclic) bond motifs is 1. The zero-order valence-corrected chi connectivity index (χ0v) is 28.8. The van der Waals surface area contributed by atoms with Gasteiger partial charge in [-0.15, -0.1) is 0 Å². The minimum atomic E-state index is -5.08. The summed E-state index contributed by atoms with van der Waals surface area (Å²) in [6, 6.07) is 7.40. The van der Waals surface area contributed by atoms with Crippen molar-refractivity contribution in [3.63, 3.8) is 0 Å². The average molecular weight is 738 g/mol. The molecule has 1 aromatic carbocycles. The summed E-state index contributed by atoms with van der Waals surface area (Å²) in [5.41, 5.74) is 0.873. The molecule has 0 bridgehead atoms. The quantitative estimate of drug-likeness (QED) is 0.139. The first-order valence-corrected chi connectivity index (χ1v) is 15.5. The Morgan fingerprint density at radius 3 is 2.13 bits per heavy atom. The molecule has 0 aliphatic heterocycles. The fourth-order valence-electron chi connectivity index (χ4n) is 4.68. The van der Waals surface area contributed by atoms with Crippen molar-refractivity contribution in [2.45, 2.75) is 72.4 Å². The lowest BCUT2D eigenvalue weighted by Gasteiger charge is -2.23. The number of carboxylic acid groups (broad SMARTS) is 2. The predicted octanol–water partition coefficient (Wildman–Crippen LogP) is 6.09. The Kier molecular flexibility index (Phi) is 12.9. The van der Waals surface area contributed by atoms with Crippen LogP contribution < -0.4 is 15.4 Å². The molecule has 0 fully saturated rings. The second kappa shape index (κ2) is 16.5. The van der Waals surface area contributed by atoms with Gasteiger partial charge in [0.25, 0.3) is 5.91 Å². The van der Waals surface area contributed by atoms with E-state index in [2.05, 4.69) is 20.6 Å². The molecule has 0 saturated heterocycles. The highest BCUT2D eigenvalue weighted by Gasteiger charge is 2.38. The number of ether oxygens (including phenoxy) is 2. The SMILES string of the molecule is CCc1ccc(C(CNC(=O)OC(C)(C)C)NC(=O)c2c(C)nc3c(OCc4c(F)cccc4F)cc(C)cn23)nc1C(=O)O.O=C(O)C(F)(F)F. The maximum absolute atomic E-state index is 14.2. The number of rotatable bonds is 10. The highest BCUT2D eigenvalue weighted by atomic mass is 19.4. The first-order chi connectivity index (χ1) is 24.1. The fourth-order valence-corrected chi connectivity index (χ4v) is 4.68. The highest BCUT2D eigenvalue weighted by Crippen LogP contribution is 2.27. The minimum absolute atomic E-state index is 0.126. The first kappa shape index (κ1) is 40.6. The monoisotopic (exact) mass is 737 g/mol.